The van der Waals surface area contributed by atoms with Crippen LogP contribution in [0.4, 0.5) is 0 Å². The summed E-state index contributed by atoms with van der Waals surface area (Å²) in [4.78, 5) is 0. The topological polar surface area (TPSA) is 24.1 Å². The van der Waals surface area contributed by atoms with Gasteiger partial charge in [0, 0.05) is 12.6 Å². The van der Waals surface area contributed by atoms with E-state index in [1.165, 1.54) is 36.0 Å². The standard InChI is InChI=1S/C15H24N2/c1-12-4-5-14(13(2)10-12)11-16-8-3-9-17-15-6-7-15/h4-5,10,15-17H,3,6-9,11H2,1-2H3. The van der Waals surface area contributed by atoms with Crippen LogP contribution in [0, 0.1) is 13.8 Å². The summed E-state index contributed by atoms with van der Waals surface area (Å²) in [5, 5.41) is 7.05. The first-order valence-electron chi connectivity index (χ1n) is 6.76. The first-order valence-corrected chi connectivity index (χ1v) is 6.76. The maximum atomic E-state index is 3.53. The molecule has 0 radical (unpaired) electrons. The van der Waals surface area contributed by atoms with E-state index >= 15 is 0 Å². The van der Waals surface area contributed by atoms with Gasteiger partial charge in [-0.15, -0.1) is 0 Å². The van der Waals surface area contributed by atoms with Gasteiger partial charge in [-0.05, 0) is 57.3 Å². The average molecular weight is 232 g/mol. The summed E-state index contributed by atoms with van der Waals surface area (Å²) in [6.07, 6.45) is 3.99. The molecule has 0 unspecified atom stereocenters. The van der Waals surface area contributed by atoms with E-state index in [0.29, 0.717) is 0 Å². The Labute approximate surface area is 105 Å². The fraction of sp³-hybridized carbons (Fsp3) is 0.600. The van der Waals surface area contributed by atoms with Gasteiger partial charge in [-0.3, -0.25) is 0 Å². The summed E-state index contributed by atoms with van der Waals surface area (Å²) in [5.74, 6) is 0. The second kappa shape index (κ2) is 6.18. The van der Waals surface area contributed by atoms with Crippen molar-refractivity contribution in [2.45, 2.75) is 45.7 Å². The molecule has 1 aliphatic carbocycles. The summed E-state index contributed by atoms with van der Waals surface area (Å²) in [6, 6.07) is 7.53. The van der Waals surface area contributed by atoms with E-state index in [1.54, 1.807) is 0 Å². The molecule has 0 aliphatic heterocycles. The summed E-state index contributed by atoms with van der Waals surface area (Å²) in [5.41, 5.74) is 4.17. The zero-order valence-electron chi connectivity index (χ0n) is 11.1. The maximum Gasteiger partial charge on any atom is 0.0208 e. The molecule has 2 nitrogen and oxygen atoms in total. The van der Waals surface area contributed by atoms with Gasteiger partial charge in [-0.2, -0.15) is 0 Å². The van der Waals surface area contributed by atoms with Gasteiger partial charge in [0.2, 0.25) is 0 Å². The van der Waals surface area contributed by atoms with Gasteiger partial charge in [-0.1, -0.05) is 23.8 Å². The number of nitrogens with one attached hydrogen (secondary N) is 2. The van der Waals surface area contributed by atoms with Crippen molar-refractivity contribution in [3.63, 3.8) is 0 Å². The molecule has 0 atom stereocenters. The van der Waals surface area contributed by atoms with Crippen LogP contribution in [0.15, 0.2) is 18.2 Å². The highest BCUT2D eigenvalue weighted by Gasteiger charge is 2.19. The van der Waals surface area contributed by atoms with E-state index in [4.69, 9.17) is 0 Å². The number of benzene rings is 1. The summed E-state index contributed by atoms with van der Waals surface area (Å²) in [7, 11) is 0. The third-order valence-electron chi connectivity index (χ3n) is 3.35. The molecule has 0 bridgehead atoms. The van der Waals surface area contributed by atoms with Crippen LogP contribution in [0.2, 0.25) is 0 Å². The minimum Gasteiger partial charge on any atom is -0.314 e. The largest absolute Gasteiger partial charge is 0.314 e. The van der Waals surface area contributed by atoms with Crippen LogP contribution in [0.3, 0.4) is 0 Å². The van der Waals surface area contributed by atoms with Gasteiger partial charge in [0.25, 0.3) is 0 Å². The molecule has 0 aromatic heterocycles. The van der Waals surface area contributed by atoms with Crippen LogP contribution < -0.4 is 10.6 Å². The molecule has 0 amide bonds. The van der Waals surface area contributed by atoms with Crippen molar-refractivity contribution in [3.05, 3.63) is 34.9 Å². The molecule has 0 heterocycles. The van der Waals surface area contributed by atoms with Crippen molar-refractivity contribution in [2.24, 2.45) is 0 Å². The predicted octanol–water partition coefficient (Wildman–Crippen LogP) is 2.54. The summed E-state index contributed by atoms with van der Waals surface area (Å²) in [6.45, 7) is 7.60. The zero-order valence-corrected chi connectivity index (χ0v) is 11.1. The van der Waals surface area contributed by atoms with Gasteiger partial charge in [0.05, 0.1) is 0 Å². The van der Waals surface area contributed by atoms with E-state index < -0.39 is 0 Å². The summed E-state index contributed by atoms with van der Waals surface area (Å²) < 4.78 is 0. The predicted molar refractivity (Wildman–Crippen MR) is 73.3 cm³/mol. The SMILES string of the molecule is Cc1ccc(CNCCCNC2CC2)c(C)c1. The summed E-state index contributed by atoms with van der Waals surface area (Å²) >= 11 is 0. The van der Waals surface area contributed by atoms with Gasteiger partial charge in [0.15, 0.2) is 0 Å². The number of rotatable bonds is 7. The molecule has 0 saturated heterocycles. The molecule has 1 aromatic carbocycles. The molecule has 94 valence electrons. The Morgan fingerprint density at radius 2 is 2.00 bits per heavy atom. The molecule has 0 spiro atoms. The highest BCUT2D eigenvalue weighted by molar-refractivity contribution is 5.30. The van der Waals surface area contributed by atoms with Gasteiger partial charge < -0.3 is 10.6 Å². The zero-order chi connectivity index (χ0) is 12.1. The van der Waals surface area contributed by atoms with E-state index in [2.05, 4.69) is 42.7 Å². The fourth-order valence-corrected chi connectivity index (χ4v) is 2.07. The number of aryl methyl sites for hydroxylation is 2. The maximum absolute atomic E-state index is 3.53. The van der Waals surface area contributed by atoms with Crippen molar-refractivity contribution in [1.29, 1.82) is 0 Å². The van der Waals surface area contributed by atoms with Crippen LogP contribution in [-0.2, 0) is 6.54 Å². The number of hydrogen-bond acceptors (Lipinski definition) is 2. The van der Waals surface area contributed by atoms with E-state index in [0.717, 1.165) is 25.7 Å². The van der Waals surface area contributed by atoms with Crippen LogP contribution in [0.5, 0.6) is 0 Å². The second-order valence-electron chi connectivity index (χ2n) is 5.19. The quantitative estimate of drug-likeness (QED) is 0.706. The molecule has 1 aromatic rings. The van der Waals surface area contributed by atoms with Crippen molar-refractivity contribution >= 4 is 0 Å². The Morgan fingerprint density at radius 3 is 2.71 bits per heavy atom. The molecule has 2 N–H and O–H groups in total. The first kappa shape index (κ1) is 12.6. The molecule has 1 saturated carbocycles. The third kappa shape index (κ3) is 4.49. The lowest BCUT2D eigenvalue weighted by molar-refractivity contribution is 0.592. The highest BCUT2D eigenvalue weighted by atomic mass is 14.9. The Morgan fingerprint density at radius 1 is 1.18 bits per heavy atom. The minimum absolute atomic E-state index is 0.842. The van der Waals surface area contributed by atoms with Crippen molar-refractivity contribution in [3.8, 4) is 0 Å². The molecule has 1 fully saturated rings. The van der Waals surface area contributed by atoms with Gasteiger partial charge in [0.1, 0.15) is 0 Å². The van der Waals surface area contributed by atoms with Crippen molar-refractivity contribution < 1.29 is 0 Å². The number of hydrogen-bond donors (Lipinski definition) is 2. The van der Waals surface area contributed by atoms with Gasteiger partial charge >= 0.3 is 0 Å². The van der Waals surface area contributed by atoms with Crippen LogP contribution in [-0.4, -0.2) is 19.1 Å². The fourth-order valence-electron chi connectivity index (χ4n) is 2.07. The Balaban J connectivity index is 1.60. The van der Waals surface area contributed by atoms with E-state index in [-0.39, 0.29) is 0 Å². The minimum atomic E-state index is 0.842. The smallest absolute Gasteiger partial charge is 0.0208 e. The van der Waals surface area contributed by atoms with Crippen LogP contribution in [0.25, 0.3) is 0 Å². The third-order valence-corrected chi connectivity index (χ3v) is 3.35. The van der Waals surface area contributed by atoms with Crippen LogP contribution in [0.1, 0.15) is 36.0 Å². The van der Waals surface area contributed by atoms with E-state index in [9.17, 15) is 0 Å². The molecular formula is C15H24N2. The lowest BCUT2D eigenvalue weighted by Gasteiger charge is -2.09. The molecule has 1 aliphatic rings. The van der Waals surface area contributed by atoms with Crippen LogP contribution >= 0.6 is 0 Å². The normalized spacial score (nSPS) is 15.2. The average Bonchev–Trinajstić information content (AvgIpc) is 3.09. The first-order chi connectivity index (χ1) is 8.25. The molecule has 2 heteroatoms. The molecule has 17 heavy (non-hydrogen) atoms. The lowest BCUT2D eigenvalue weighted by atomic mass is 10.1. The Hall–Kier alpha value is -0.860. The van der Waals surface area contributed by atoms with E-state index in [1.807, 2.05) is 0 Å². The van der Waals surface area contributed by atoms with Crippen molar-refractivity contribution in [2.75, 3.05) is 13.1 Å². The highest BCUT2D eigenvalue weighted by Crippen LogP contribution is 2.18. The lowest BCUT2D eigenvalue weighted by Crippen LogP contribution is -2.23. The second-order valence-corrected chi connectivity index (χ2v) is 5.19. The van der Waals surface area contributed by atoms with Crippen molar-refractivity contribution in [1.82, 2.24) is 10.6 Å². The van der Waals surface area contributed by atoms with Gasteiger partial charge in [-0.25, -0.2) is 0 Å². The monoisotopic (exact) mass is 232 g/mol. The Bertz CT molecular complexity index is 356. The molecule has 2 rings (SSSR count). The Kier molecular flexibility index (Phi) is 4.57. The molecular weight excluding hydrogens is 208 g/mol.